The summed E-state index contributed by atoms with van der Waals surface area (Å²) in [7, 11) is 0. The average molecular weight is 298 g/mol. The molecule has 3 heteroatoms. The highest BCUT2D eigenvalue weighted by atomic mass is 35.5. The zero-order valence-electron chi connectivity index (χ0n) is 12.0. The lowest BCUT2D eigenvalue weighted by atomic mass is 9.80. The van der Waals surface area contributed by atoms with E-state index in [1.165, 1.54) is 17.7 Å². The van der Waals surface area contributed by atoms with Crippen LogP contribution in [0.15, 0.2) is 29.2 Å². The second-order valence-electron chi connectivity index (χ2n) is 5.73. The largest absolute Gasteiger partial charge is 0.313 e. The van der Waals surface area contributed by atoms with Gasteiger partial charge in [0.05, 0.1) is 5.02 Å². The third-order valence-corrected chi connectivity index (χ3v) is 6.07. The van der Waals surface area contributed by atoms with Crippen LogP contribution < -0.4 is 5.32 Å². The normalized spacial score (nSPS) is 31.4. The Kier molecular flexibility index (Phi) is 5.61. The van der Waals surface area contributed by atoms with Crippen molar-refractivity contribution in [2.24, 2.45) is 11.8 Å². The van der Waals surface area contributed by atoms with E-state index < -0.39 is 0 Å². The molecule has 0 saturated heterocycles. The average Bonchev–Trinajstić information content (AvgIpc) is 2.36. The smallest absolute Gasteiger partial charge is 0.0541 e. The maximum absolute atomic E-state index is 6.30. The molecule has 0 aromatic heterocycles. The monoisotopic (exact) mass is 297 g/mol. The van der Waals surface area contributed by atoms with Crippen LogP contribution in [0.3, 0.4) is 0 Å². The molecule has 1 fully saturated rings. The Labute approximate surface area is 126 Å². The van der Waals surface area contributed by atoms with Gasteiger partial charge in [0.15, 0.2) is 0 Å². The number of rotatable bonds is 4. The fourth-order valence-corrected chi connectivity index (χ4v) is 4.79. The van der Waals surface area contributed by atoms with Crippen LogP contribution in [0.5, 0.6) is 0 Å². The third-order valence-electron chi connectivity index (χ3n) is 3.95. The van der Waals surface area contributed by atoms with Gasteiger partial charge in [0.25, 0.3) is 0 Å². The maximum Gasteiger partial charge on any atom is 0.0541 e. The Morgan fingerprint density at radius 2 is 2.00 bits per heavy atom. The lowest BCUT2D eigenvalue weighted by Gasteiger charge is -2.39. The predicted molar refractivity (Wildman–Crippen MR) is 86.1 cm³/mol. The molecule has 4 atom stereocenters. The van der Waals surface area contributed by atoms with Gasteiger partial charge < -0.3 is 5.32 Å². The molecule has 0 aliphatic heterocycles. The van der Waals surface area contributed by atoms with E-state index in [1.807, 2.05) is 23.9 Å². The number of halogens is 1. The summed E-state index contributed by atoms with van der Waals surface area (Å²) in [6.45, 7) is 8.00. The first kappa shape index (κ1) is 15.2. The summed E-state index contributed by atoms with van der Waals surface area (Å²) in [4.78, 5) is 1.22. The first-order chi connectivity index (χ1) is 9.11. The lowest BCUT2D eigenvalue weighted by Crippen LogP contribution is -2.46. The third kappa shape index (κ3) is 3.90. The first-order valence-corrected chi connectivity index (χ1v) is 8.52. The lowest BCUT2D eigenvalue weighted by molar-refractivity contribution is 0.251. The van der Waals surface area contributed by atoms with Crippen molar-refractivity contribution < 1.29 is 0 Å². The van der Waals surface area contributed by atoms with Gasteiger partial charge in [-0.1, -0.05) is 44.5 Å². The molecule has 1 saturated carbocycles. The SMILES string of the molecule is CCNC1CC(C)CC(C)C1Sc1ccccc1Cl. The molecule has 1 aliphatic carbocycles. The molecule has 106 valence electrons. The Morgan fingerprint density at radius 1 is 1.26 bits per heavy atom. The molecule has 4 unspecified atom stereocenters. The molecular formula is C16H24ClNS. The number of nitrogens with one attached hydrogen (secondary N) is 1. The van der Waals surface area contributed by atoms with E-state index in [2.05, 4.69) is 38.2 Å². The number of thioether (sulfide) groups is 1. The molecule has 1 aliphatic rings. The van der Waals surface area contributed by atoms with E-state index in [1.54, 1.807) is 0 Å². The van der Waals surface area contributed by atoms with E-state index in [0.29, 0.717) is 11.3 Å². The highest BCUT2D eigenvalue weighted by molar-refractivity contribution is 8.00. The highest BCUT2D eigenvalue weighted by Crippen LogP contribution is 2.41. The summed E-state index contributed by atoms with van der Waals surface area (Å²) < 4.78 is 0. The predicted octanol–water partition coefficient (Wildman–Crippen LogP) is 4.84. The van der Waals surface area contributed by atoms with Gasteiger partial charge in [-0.3, -0.25) is 0 Å². The van der Waals surface area contributed by atoms with Crippen molar-refractivity contribution in [3.05, 3.63) is 29.3 Å². The van der Waals surface area contributed by atoms with Gasteiger partial charge in [-0.2, -0.15) is 0 Å². The van der Waals surface area contributed by atoms with Crippen LogP contribution in [0.2, 0.25) is 5.02 Å². The molecule has 1 aromatic rings. The summed E-state index contributed by atoms with van der Waals surface area (Å²) in [5.41, 5.74) is 0. The molecule has 1 aromatic carbocycles. The maximum atomic E-state index is 6.30. The van der Waals surface area contributed by atoms with Crippen molar-refractivity contribution in [3.8, 4) is 0 Å². The van der Waals surface area contributed by atoms with Gasteiger partial charge in [-0.25, -0.2) is 0 Å². The zero-order chi connectivity index (χ0) is 13.8. The van der Waals surface area contributed by atoms with Gasteiger partial charge in [0.2, 0.25) is 0 Å². The summed E-state index contributed by atoms with van der Waals surface area (Å²) in [6, 6.07) is 8.81. The van der Waals surface area contributed by atoms with Crippen LogP contribution in [-0.2, 0) is 0 Å². The molecule has 19 heavy (non-hydrogen) atoms. The topological polar surface area (TPSA) is 12.0 Å². The van der Waals surface area contributed by atoms with E-state index in [9.17, 15) is 0 Å². The van der Waals surface area contributed by atoms with Gasteiger partial charge in [0.1, 0.15) is 0 Å². The van der Waals surface area contributed by atoms with Gasteiger partial charge >= 0.3 is 0 Å². The minimum Gasteiger partial charge on any atom is -0.313 e. The fourth-order valence-electron chi connectivity index (χ4n) is 3.18. The van der Waals surface area contributed by atoms with E-state index in [-0.39, 0.29) is 0 Å². The molecule has 0 spiro atoms. The van der Waals surface area contributed by atoms with Crippen LogP contribution in [0, 0.1) is 11.8 Å². The molecule has 2 rings (SSSR count). The van der Waals surface area contributed by atoms with Crippen molar-refractivity contribution in [1.29, 1.82) is 0 Å². The second-order valence-corrected chi connectivity index (χ2v) is 7.36. The summed E-state index contributed by atoms with van der Waals surface area (Å²) in [5.74, 6) is 1.55. The van der Waals surface area contributed by atoms with Gasteiger partial charge in [0, 0.05) is 16.2 Å². The number of hydrogen-bond acceptors (Lipinski definition) is 2. The van der Waals surface area contributed by atoms with E-state index >= 15 is 0 Å². The Balaban J connectivity index is 2.13. The van der Waals surface area contributed by atoms with Crippen molar-refractivity contribution in [3.63, 3.8) is 0 Å². The van der Waals surface area contributed by atoms with Crippen LogP contribution in [-0.4, -0.2) is 17.8 Å². The molecule has 0 bridgehead atoms. The Bertz CT molecular complexity index is 409. The number of benzene rings is 1. The second kappa shape index (κ2) is 7.01. The van der Waals surface area contributed by atoms with Crippen LogP contribution >= 0.6 is 23.4 Å². The van der Waals surface area contributed by atoms with Crippen LogP contribution in [0.25, 0.3) is 0 Å². The summed E-state index contributed by atoms with van der Waals surface area (Å²) in [5, 5.41) is 5.18. The zero-order valence-corrected chi connectivity index (χ0v) is 13.6. The molecule has 1 nitrogen and oxygen atoms in total. The fraction of sp³-hybridized carbons (Fsp3) is 0.625. The summed E-state index contributed by atoms with van der Waals surface area (Å²) >= 11 is 8.26. The molecule has 0 amide bonds. The number of hydrogen-bond donors (Lipinski definition) is 1. The molecular weight excluding hydrogens is 274 g/mol. The minimum absolute atomic E-state index is 0.602. The van der Waals surface area contributed by atoms with E-state index in [0.717, 1.165) is 23.4 Å². The van der Waals surface area contributed by atoms with Crippen LogP contribution in [0.1, 0.15) is 33.6 Å². The minimum atomic E-state index is 0.602. The highest BCUT2D eigenvalue weighted by Gasteiger charge is 2.34. The Morgan fingerprint density at radius 3 is 2.68 bits per heavy atom. The first-order valence-electron chi connectivity index (χ1n) is 7.26. The quantitative estimate of drug-likeness (QED) is 0.853. The van der Waals surface area contributed by atoms with Gasteiger partial charge in [-0.05, 0) is 43.4 Å². The van der Waals surface area contributed by atoms with Crippen LogP contribution in [0.4, 0.5) is 0 Å². The van der Waals surface area contributed by atoms with Crippen molar-refractivity contribution in [2.45, 2.75) is 49.8 Å². The van der Waals surface area contributed by atoms with Gasteiger partial charge in [-0.15, -0.1) is 11.8 Å². The molecule has 0 radical (unpaired) electrons. The van der Waals surface area contributed by atoms with E-state index in [4.69, 9.17) is 11.6 Å². The molecule has 1 N–H and O–H groups in total. The van der Waals surface area contributed by atoms with Crippen molar-refractivity contribution in [1.82, 2.24) is 5.32 Å². The van der Waals surface area contributed by atoms with Crippen molar-refractivity contribution in [2.75, 3.05) is 6.54 Å². The Hall–Kier alpha value is -0.180. The summed E-state index contributed by atoms with van der Waals surface area (Å²) in [6.07, 6.45) is 2.60. The standard InChI is InChI=1S/C16H24ClNS/c1-4-18-14-10-11(2)9-12(3)16(14)19-15-8-6-5-7-13(15)17/h5-8,11-12,14,16,18H,4,9-10H2,1-3H3. The van der Waals surface area contributed by atoms with Crippen molar-refractivity contribution >= 4 is 23.4 Å². The molecule has 0 heterocycles.